The van der Waals surface area contributed by atoms with Crippen LogP contribution < -0.4 is 4.90 Å². The number of amides is 4. The van der Waals surface area contributed by atoms with Crippen LogP contribution in [0.25, 0.3) is 0 Å². The minimum atomic E-state index is -0.271. The lowest BCUT2D eigenvalue weighted by molar-refractivity contribution is -0.132. The first-order valence-electron chi connectivity index (χ1n) is 7.05. The summed E-state index contributed by atoms with van der Waals surface area (Å²) >= 11 is 5.84. The summed E-state index contributed by atoms with van der Waals surface area (Å²) < 4.78 is 0. The lowest BCUT2D eigenvalue weighted by atomic mass is 10.3. The van der Waals surface area contributed by atoms with Gasteiger partial charge in [0.1, 0.15) is 19.8 Å². The van der Waals surface area contributed by atoms with Gasteiger partial charge in [0.2, 0.25) is 11.8 Å². The van der Waals surface area contributed by atoms with Gasteiger partial charge in [0.25, 0.3) is 0 Å². The number of nitrogens with zero attached hydrogens (tertiary/aromatic N) is 4. The smallest absolute Gasteiger partial charge is 0.319 e. The van der Waals surface area contributed by atoms with Crippen molar-refractivity contribution in [2.45, 2.75) is 0 Å². The summed E-state index contributed by atoms with van der Waals surface area (Å²) in [7, 11) is 4.78. The Balaban J connectivity index is 2.00. The van der Waals surface area contributed by atoms with Gasteiger partial charge in [-0.15, -0.1) is 0 Å². The molecule has 1 aliphatic heterocycles. The van der Waals surface area contributed by atoms with E-state index in [0.29, 0.717) is 10.7 Å². The van der Waals surface area contributed by atoms with Crippen molar-refractivity contribution in [2.24, 2.45) is 0 Å². The zero-order valence-electron chi connectivity index (χ0n) is 13.3. The van der Waals surface area contributed by atoms with Crippen molar-refractivity contribution in [3.05, 3.63) is 29.3 Å². The number of carbonyl (C=O) groups is 3. The molecule has 1 fully saturated rings. The van der Waals surface area contributed by atoms with Crippen LogP contribution in [-0.4, -0.2) is 73.4 Å². The van der Waals surface area contributed by atoms with E-state index < -0.39 is 0 Å². The predicted octanol–water partition coefficient (Wildman–Crippen LogP) is 1.09. The molecular weight excluding hydrogens is 320 g/mol. The molecule has 1 aliphatic rings. The normalized spacial score (nSPS) is 14.2. The van der Waals surface area contributed by atoms with Gasteiger partial charge in [-0.3, -0.25) is 14.5 Å². The maximum Gasteiger partial charge on any atom is 0.319 e. The van der Waals surface area contributed by atoms with E-state index in [9.17, 15) is 14.4 Å². The Morgan fingerprint density at radius 3 is 2.35 bits per heavy atom. The zero-order valence-corrected chi connectivity index (χ0v) is 14.1. The number of urea groups is 1. The minimum absolute atomic E-state index is 0.00541. The van der Waals surface area contributed by atoms with E-state index in [1.807, 2.05) is 0 Å². The maximum absolute atomic E-state index is 12.3. The van der Waals surface area contributed by atoms with Crippen molar-refractivity contribution in [1.29, 1.82) is 0 Å². The lowest BCUT2D eigenvalue weighted by Gasteiger charge is -2.24. The third kappa shape index (κ3) is 3.92. The predicted molar refractivity (Wildman–Crippen MR) is 87.2 cm³/mol. The van der Waals surface area contributed by atoms with E-state index in [0.717, 1.165) is 0 Å². The first-order chi connectivity index (χ1) is 10.8. The number of hydrogen-bond acceptors (Lipinski definition) is 3. The third-order valence-corrected chi connectivity index (χ3v) is 3.76. The Hall–Kier alpha value is -2.28. The molecule has 1 aromatic rings. The van der Waals surface area contributed by atoms with Gasteiger partial charge in [0, 0.05) is 31.9 Å². The van der Waals surface area contributed by atoms with E-state index in [1.54, 1.807) is 45.4 Å². The van der Waals surface area contributed by atoms with Gasteiger partial charge in [-0.25, -0.2) is 4.79 Å². The second-order valence-electron chi connectivity index (χ2n) is 5.56. The summed E-state index contributed by atoms with van der Waals surface area (Å²) in [5.41, 5.74) is 0.687. The zero-order chi connectivity index (χ0) is 17.1. The molecule has 1 heterocycles. The van der Waals surface area contributed by atoms with Crippen molar-refractivity contribution in [3.63, 3.8) is 0 Å². The highest BCUT2D eigenvalue weighted by atomic mass is 35.5. The molecule has 0 saturated carbocycles. The summed E-state index contributed by atoms with van der Waals surface area (Å²) in [6.45, 7) is 0.105. The molecule has 0 aromatic heterocycles. The molecular formula is C15H19ClN4O3. The summed E-state index contributed by atoms with van der Waals surface area (Å²) in [5, 5.41) is 0.581. The standard InChI is InChI=1S/C15H19ClN4O3/c1-17(2)15(23)18(3)8-13(21)19-9-14(22)20(10-19)12-6-4-11(16)5-7-12/h4-7H,8-10H2,1-3H3. The Labute approximate surface area is 140 Å². The Bertz CT molecular complexity index is 618. The molecule has 0 aliphatic carbocycles. The van der Waals surface area contributed by atoms with Gasteiger partial charge in [-0.1, -0.05) is 11.6 Å². The quantitative estimate of drug-likeness (QED) is 0.828. The Kier molecular flexibility index (Phi) is 5.10. The number of anilines is 1. The van der Waals surface area contributed by atoms with E-state index in [-0.39, 0.29) is 37.6 Å². The Morgan fingerprint density at radius 1 is 1.17 bits per heavy atom. The molecule has 4 amide bonds. The molecule has 8 heteroatoms. The average molecular weight is 339 g/mol. The van der Waals surface area contributed by atoms with E-state index >= 15 is 0 Å². The van der Waals surface area contributed by atoms with Crippen molar-refractivity contribution in [2.75, 3.05) is 45.8 Å². The van der Waals surface area contributed by atoms with Crippen LogP contribution in [0.5, 0.6) is 0 Å². The van der Waals surface area contributed by atoms with Crippen LogP contribution in [0.3, 0.4) is 0 Å². The number of halogens is 1. The van der Waals surface area contributed by atoms with Gasteiger partial charge < -0.3 is 14.7 Å². The fraction of sp³-hybridized carbons (Fsp3) is 0.400. The molecule has 7 nitrogen and oxygen atoms in total. The van der Waals surface area contributed by atoms with Crippen LogP contribution in [0.4, 0.5) is 10.5 Å². The van der Waals surface area contributed by atoms with Gasteiger partial charge in [0.05, 0.1) is 0 Å². The van der Waals surface area contributed by atoms with E-state index in [4.69, 9.17) is 11.6 Å². The highest BCUT2D eigenvalue weighted by molar-refractivity contribution is 6.30. The molecule has 0 unspecified atom stereocenters. The van der Waals surface area contributed by atoms with Crippen LogP contribution >= 0.6 is 11.6 Å². The van der Waals surface area contributed by atoms with Gasteiger partial charge >= 0.3 is 6.03 Å². The largest absolute Gasteiger partial charge is 0.331 e. The number of benzene rings is 1. The number of rotatable bonds is 3. The van der Waals surface area contributed by atoms with Crippen molar-refractivity contribution < 1.29 is 14.4 Å². The highest BCUT2D eigenvalue weighted by Crippen LogP contribution is 2.21. The highest BCUT2D eigenvalue weighted by Gasteiger charge is 2.32. The molecule has 23 heavy (non-hydrogen) atoms. The van der Waals surface area contributed by atoms with Crippen LogP contribution in [0.2, 0.25) is 5.02 Å². The molecule has 0 radical (unpaired) electrons. The first kappa shape index (κ1) is 17.1. The topological polar surface area (TPSA) is 64.2 Å². The molecule has 0 N–H and O–H groups in total. The molecule has 0 bridgehead atoms. The Morgan fingerprint density at radius 2 is 1.78 bits per heavy atom. The SMILES string of the molecule is CN(C)C(=O)N(C)CC(=O)N1CC(=O)N(c2ccc(Cl)cc2)C1. The molecule has 2 rings (SSSR count). The van der Waals surface area contributed by atoms with Crippen molar-refractivity contribution >= 4 is 35.1 Å². The fourth-order valence-corrected chi connectivity index (χ4v) is 2.40. The van der Waals surface area contributed by atoms with Crippen LogP contribution in [0.15, 0.2) is 24.3 Å². The van der Waals surface area contributed by atoms with Crippen LogP contribution in [0.1, 0.15) is 0 Å². The van der Waals surface area contributed by atoms with Gasteiger partial charge in [-0.05, 0) is 24.3 Å². The van der Waals surface area contributed by atoms with E-state index in [2.05, 4.69) is 0 Å². The summed E-state index contributed by atoms with van der Waals surface area (Å²) in [6.07, 6.45) is 0. The maximum atomic E-state index is 12.3. The average Bonchev–Trinajstić information content (AvgIpc) is 2.89. The van der Waals surface area contributed by atoms with Crippen LogP contribution in [0, 0.1) is 0 Å². The van der Waals surface area contributed by atoms with Gasteiger partial charge in [0.15, 0.2) is 0 Å². The van der Waals surface area contributed by atoms with Crippen LogP contribution in [-0.2, 0) is 9.59 Å². The fourth-order valence-electron chi connectivity index (χ4n) is 2.27. The second kappa shape index (κ2) is 6.87. The molecule has 1 aromatic carbocycles. The van der Waals surface area contributed by atoms with Crippen molar-refractivity contribution in [3.8, 4) is 0 Å². The first-order valence-corrected chi connectivity index (χ1v) is 7.43. The summed E-state index contributed by atoms with van der Waals surface area (Å²) in [5.74, 6) is -0.435. The third-order valence-electron chi connectivity index (χ3n) is 3.51. The molecule has 124 valence electrons. The number of likely N-dealkylation sites (N-methyl/N-ethyl adjacent to an activating group) is 1. The summed E-state index contributed by atoms with van der Waals surface area (Å²) in [4.78, 5) is 41.8. The van der Waals surface area contributed by atoms with Crippen molar-refractivity contribution in [1.82, 2.24) is 14.7 Å². The number of carbonyl (C=O) groups excluding carboxylic acids is 3. The minimum Gasteiger partial charge on any atom is -0.331 e. The van der Waals surface area contributed by atoms with E-state index in [1.165, 1.54) is 19.6 Å². The second-order valence-corrected chi connectivity index (χ2v) is 6.00. The molecule has 0 spiro atoms. The molecule has 1 saturated heterocycles. The lowest BCUT2D eigenvalue weighted by Crippen LogP contribution is -2.44. The van der Waals surface area contributed by atoms with Gasteiger partial charge in [-0.2, -0.15) is 0 Å². The summed E-state index contributed by atoms with van der Waals surface area (Å²) in [6, 6.07) is 6.58. The number of hydrogen-bond donors (Lipinski definition) is 0. The molecule has 0 atom stereocenters. The monoisotopic (exact) mass is 338 g/mol.